The number of carbonyl (C=O) groups is 1. The van der Waals surface area contributed by atoms with Crippen molar-refractivity contribution in [3.63, 3.8) is 0 Å². The molecule has 0 aliphatic carbocycles. The molecule has 0 saturated heterocycles. The molecule has 0 radical (unpaired) electrons. The van der Waals surface area contributed by atoms with Crippen LogP contribution in [0.2, 0.25) is 0 Å². The second-order valence-electron chi connectivity index (χ2n) is 3.85. The van der Waals surface area contributed by atoms with Crippen molar-refractivity contribution in [3.05, 3.63) is 34.7 Å². The Balaban J connectivity index is 2.06. The van der Waals surface area contributed by atoms with Gasteiger partial charge in [0.15, 0.2) is 0 Å². The fraction of sp³-hybridized carbons (Fsp3) is 0.231. The van der Waals surface area contributed by atoms with Crippen LogP contribution in [0.25, 0.3) is 0 Å². The molecular weight excluding hydrogens is 262 g/mol. The summed E-state index contributed by atoms with van der Waals surface area (Å²) in [7, 11) is 1.58. The van der Waals surface area contributed by atoms with E-state index in [0.717, 1.165) is 16.3 Å². The maximum Gasteiger partial charge on any atom is 0.237 e. The molecule has 2 aromatic rings. The molecule has 0 bridgehead atoms. The van der Waals surface area contributed by atoms with Crippen molar-refractivity contribution in [2.75, 3.05) is 17.7 Å². The van der Waals surface area contributed by atoms with E-state index in [4.69, 9.17) is 4.74 Å². The molecule has 19 heavy (non-hydrogen) atoms. The number of nitrogens with one attached hydrogen (secondary N) is 2. The first-order valence-electron chi connectivity index (χ1n) is 5.77. The quantitative estimate of drug-likeness (QED) is 0.882. The number of methoxy groups -OCH3 is 1. The van der Waals surface area contributed by atoms with Gasteiger partial charge in [0.1, 0.15) is 0 Å². The Morgan fingerprint density at radius 2 is 2.26 bits per heavy atom. The van der Waals surface area contributed by atoms with Gasteiger partial charge in [-0.2, -0.15) is 0 Å². The van der Waals surface area contributed by atoms with Crippen molar-refractivity contribution in [1.82, 2.24) is 4.98 Å². The number of pyridine rings is 1. The third-order valence-corrected chi connectivity index (χ3v) is 3.38. The fourth-order valence-electron chi connectivity index (χ4n) is 1.64. The van der Waals surface area contributed by atoms with E-state index < -0.39 is 0 Å². The Bertz CT molecular complexity index is 569. The largest absolute Gasteiger partial charge is 0.480 e. The minimum atomic E-state index is -0.0707. The van der Waals surface area contributed by atoms with Crippen molar-refractivity contribution in [2.45, 2.75) is 13.5 Å². The third-order valence-electron chi connectivity index (χ3n) is 2.46. The van der Waals surface area contributed by atoms with E-state index in [1.54, 1.807) is 24.6 Å². The number of rotatable bonds is 5. The van der Waals surface area contributed by atoms with Gasteiger partial charge >= 0.3 is 0 Å². The maximum absolute atomic E-state index is 11.1. The molecule has 2 heterocycles. The molecule has 2 rings (SSSR count). The van der Waals surface area contributed by atoms with Crippen LogP contribution in [0.3, 0.4) is 0 Å². The first kappa shape index (κ1) is 13.4. The number of anilines is 2. The van der Waals surface area contributed by atoms with Crippen LogP contribution >= 0.6 is 11.3 Å². The van der Waals surface area contributed by atoms with Crippen LogP contribution in [0.1, 0.15) is 11.8 Å². The minimum absolute atomic E-state index is 0.0707. The van der Waals surface area contributed by atoms with Gasteiger partial charge in [0.2, 0.25) is 11.8 Å². The number of ether oxygens (including phenoxy) is 1. The number of nitrogens with zero attached hydrogens (tertiary/aromatic N) is 1. The topological polar surface area (TPSA) is 63.2 Å². The predicted octanol–water partition coefficient (Wildman–Crippen LogP) is 2.72. The average Bonchev–Trinajstić information content (AvgIpc) is 2.83. The van der Waals surface area contributed by atoms with Gasteiger partial charge < -0.3 is 15.4 Å². The molecule has 0 unspecified atom stereocenters. The second kappa shape index (κ2) is 6.19. The highest BCUT2D eigenvalue weighted by Gasteiger charge is 2.07. The van der Waals surface area contributed by atoms with Gasteiger partial charge in [-0.3, -0.25) is 4.79 Å². The van der Waals surface area contributed by atoms with Crippen LogP contribution < -0.4 is 15.4 Å². The van der Waals surface area contributed by atoms with Crippen LogP contribution in [0.4, 0.5) is 11.4 Å². The summed E-state index contributed by atoms with van der Waals surface area (Å²) >= 11 is 1.59. The number of amides is 1. The number of hydrogen-bond donors (Lipinski definition) is 2. The van der Waals surface area contributed by atoms with Crippen LogP contribution in [-0.4, -0.2) is 18.0 Å². The summed E-state index contributed by atoms with van der Waals surface area (Å²) in [4.78, 5) is 16.3. The van der Waals surface area contributed by atoms with Gasteiger partial charge in [0.25, 0.3) is 0 Å². The van der Waals surface area contributed by atoms with Gasteiger partial charge in [-0.15, -0.1) is 11.3 Å². The summed E-state index contributed by atoms with van der Waals surface area (Å²) in [6.45, 7) is 2.11. The van der Waals surface area contributed by atoms with Crippen molar-refractivity contribution in [3.8, 4) is 5.88 Å². The SMILES string of the molecule is COc1ncccc1NCc1sccc1NC(C)=O. The molecule has 1 amide bonds. The van der Waals surface area contributed by atoms with Crippen molar-refractivity contribution in [2.24, 2.45) is 0 Å². The minimum Gasteiger partial charge on any atom is -0.480 e. The molecular formula is C13H15N3O2S. The fourth-order valence-corrected chi connectivity index (χ4v) is 2.41. The normalized spacial score (nSPS) is 10.0. The molecule has 0 fully saturated rings. The Kier molecular flexibility index (Phi) is 4.35. The average molecular weight is 277 g/mol. The van der Waals surface area contributed by atoms with Crippen LogP contribution in [0, 0.1) is 0 Å². The standard InChI is InChI=1S/C13H15N3O2S/c1-9(17)16-10-5-7-19-12(10)8-15-11-4-3-6-14-13(11)18-2/h3-7,15H,8H2,1-2H3,(H,16,17). The van der Waals surface area contributed by atoms with E-state index in [0.29, 0.717) is 12.4 Å². The molecule has 0 spiro atoms. The lowest BCUT2D eigenvalue weighted by molar-refractivity contribution is -0.114. The summed E-state index contributed by atoms with van der Waals surface area (Å²) in [5, 5.41) is 8.00. The van der Waals surface area contributed by atoms with Gasteiger partial charge in [0, 0.05) is 18.0 Å². The van der Waals surface area contributed by atoms with E-state index in [-0.39, 0.29) is 5.91 Å². The van der Waals surface area contributed by atoms with Crippen LogP contribution in [0.5, 0.6) is 5.88 Å². The Morgan fingerprint density at radius 3 is 3.00 bits per heavy atom. The lowest BCUT2D eigenvalue weighted by atomic mass is 10.3. The van der Waals surface area contributed by atoms with Crippen molar-refractivity contribution >= 4 is 28.6 Å². The van der Waals surface area contributed by atoms with E-state index in [1.807, 2.05) is 23.6 Å². The number of aromatic nitrogens is 1. The molecule has 0 saturated carbocycles. The van der Waals surface area contributed by atoms with Gasteiger partial charge in [-0.1, -0.05) is 0 Å². The Hall–Kier alpha value is -2.08. The summed E-state index contributed by atoms with van der Waals surface area (Å²) in [5.41, 5.74) is 1.67. The highest BCUT2D eigenvalue weighted by molar-refractivity contribution is 7.10. The number of thiophene rings is 1. The first-order valence-corrected chi connectivity index (χ1v) is 6.65. The van der Waals surface area contributed by atoms with Gasteiger partial charge in [-0.25, -0.2) is 4.98 Å². The monoisotopic (exact) mass is 277 g/mol. The number of carbonyl (C=O) groups excluding carboxylic acids is 1. The molecule has 0 aliphatic heterocycles. The number of hydrogen-bond acceptors (Lipinski definition) is 5. The molecule has 0 aliphatic rings. The van der Waals surface area contributed by atoms with E-state index in [1.165, 1.54) is 6.92 Å². The smallest absolute Gasteiger partial charge is 0.237 e. The summed E-state index contributed by atoms with van der Waals surface area (Å²) in [6.07, 6.45) is 1.68. The summed E-state index contributed by atoms with van der Waals surface area (Å²) < 4.78 is 5.17. The highest BCUT2D eigenvalue weighted by Crippen LogP contribution is 2.26. The lowest BCUT2D eigenvalue weighted by Crippen LogP contribution is -2.08. The third kappa shape index (κ3) is 3.45. The van der Waals surface area contributed by atoms with E-state index in [9.17, 15) is 4.79 Å². The van der Waals surface area contributed by atoms with Gasteiger partial charge in [-0.05, 0) is 23.6 Å². The van der Waals surface area contributed by atoms with Crippen molar-refractivity contribution < 1.29 is 9.53 Å². The van der Waals surface area contributed by atoms with Crippen molar-refractivity contribution in [1.29, 1.82) is 0 Å². The molecule has 0 atom stereocenters. The Labute approximate surface area is 115 Å². The first-order chi connectivity index (χ1) is 9.20. The molecule has 6 heteroatoms. The zero-order chi connectivity index (χ0) is 13.7. The van der Waals surface area contributed by atoms with Gasteiger partial charge in [0.05, 0.1) is 25.0 Å². The predicted molar refractivity (Wildman–Crippen MR) is 76.7 cm³/mol. The van der Waals surface area contributed by atoms with Crippen LogP contribution in [-0.2, 0) is 11.3 Å². The molecule has 5 nitrogen and oxygen atoms in total. The molecule has 0 aromatic carbocycles. The summed E-state index contributed by atoms with van der Waals surface area (Å²) in [5.74, 6) is 0.485. The summed E-state index contributed by atoms with van der Waals surface area (Å²) in [6, 6.07) is 5.63. The lowest BCUT2D eigenvalue weighted by Gasteiger charge is -2.10. The van der Waals surface area contributed by atoms with E-state index >= 15 is 0 Å². The van der Waals surface area contributed by atoms with Crippen LogP contribution in [0.15, 0.2) is 29.8 Å². The zero-order valence-electron chi connectivity index (χ0n) is 10.8. The molecule has 2 N–H and O–H groups in total. The Morgan fingerprint density at radius 1 is 1.42 bits per heavy atom. The zero-order valence-corrected chi connectivity index (χ0v) is 11.6. The molecule has 2 aromatic heterocycles. The maximum atomic E-state index is 11.1. The molecule has 100 valence electrons. The second-order valence-corrected chi connectivity index (χ2v) is 4.85. The van der Waals surface area contributed by atoms with E-state index in [2.05, 4.69) is 15.6 Å². The highest BCUT2D eigenvalue weighted by atomic mass is 32.1.